The lowest BCUT2D eigenvalue weighted by molar-refractivity contribution is 0.249. The number of fused-ring (bicyclic) bond motifs is 1. The number of ether oxygens (including phenoxy) is 1. The van der Waals surface area contributed by atoms with Gasteiger partial charge in [-0.05, 0) is 31.5 Å². The molecule has 0 radical (unpaired) electrons. The molecule has 1 aliphatic heterocycles. The van der Waals surface area contributed by atoms with Gasteiger partial charge in [0.1, 0.15) is 0 Å². The number of carbonyl (C=O) groups excluding carboxylic acids is 1. The number of methoxy groups -OCH3 is 1. The number of carbonyl (C=O) groups is 1. The Morgan fingerprint density at radius 2 is 2.10 bits per heavy atom. The molecule has 8 heteroatoms. The third-order valence-electron chi connectivity index (χ3n) is 5.09. The molecule has 3 heterocycles. The normalized spacial score (nSPS) is 16.1. The van der Waals surface area contributed by atoms with E-state index in [0.29, 0.717) is 23.3 Å². The molecule has 3 aromatic rings. The Morgan fingerprint density at radius 1 is 1.24 bits per heavy atom. The maximum Gasteiger partial charge on any atom is 0.319 e. The zero-order valence-corrected chi connectivity index (χ0v) is 17.0. The SMILES string of the molecule is COc1ccc(Cl)c(N2CCC(NC(=O)Nc3cccc4c(C)nccc34)C2)n1. The number of urea groups is 1. The Hall–Kier alpha value is -3.06. The minimum atomic E-state index is -0.233. The van der Waals surface area contributed by atoms with Gasteiger partial charge in [-0.1, -0.05) is 23.7 Å². The van der Waals surface area contributed by atoms with E-state index in [-0.39, 0.29) is 12.1 Å². The van der Waals surface area contributed by atoms with Crippen LogP contribution in [0, 0.1) is 6.92 Å². The highest BCUT2D eigenvalue weighted by Gasteiger charge is 2.26. The number of hydrogen-bond donors (Lipinski definition) is 2. The van der Waals surface area contributed by atoms with E-state index >= 15 is 0 Å². The van der Waals surface area contributed by atoms with E-state index in [0.717, 1.165) is 35.1 Å². The van der Waals surface area contributed by atoms with Gasteiger partial charge in [-0.25, -0.2) is 4.79 Å². The molecule has 1 fully saturated rings. The van der Waals surface area contributed by atoms with Crippen molar-refractivity contribution >= 4 is 39.9 Å². The molecule has 1 aromatic carbocycles. The number of benzene rings is 1. The van der Waals surface area contributed by atoms with Crippen LogP contribution in [0.25, 0.3) is 10.8 Å². The highest BCUT2D eigenvalue weighted by atomic mass is 35.5. The van der Waals surface area contributed by atoms with E-state index in [9.17, 15) is 4.79 Å². The lowest BCUT2D eigenvalue weighted by Crippen LogP contribution is -2.39. The van der Waals surface area contributed by atoms with E-state index in [4.69, 9.17) is 16.3 Å². The van der Waals surface area contributed by atoms with Gasteiger partial charge in [-0.15, -0.1) is 0 Å². The number of rotatable bonds is 4. The lowest BCUT2D eigenvalue weighted by atomic mass is 10.1. The van der Waals surface area contributed by atoms with Crippen LogP contribution in [-0.4, -0.2) is 42.2 Å². The molecule has 7 nitrogen and oxygen atoms in total. The summed E-state index contributed by atoms with van der Waals surface area (Å²) in [6.07, 6.45) is 2.56. The smallest absolute Gasteiger partial charge is 0.319 e. The maximum absolute atomic E-state index is 12.6. The molecule has 150 valence electrons. The Morgan fingerprint density at radius 3 is 2.93 bits per heavy atom. The first-order valence-electron chi connectivity index (χ1n) is 9.42. The maximum atomic E-state index is 12.6. The molecule has 2 N–H and O–H groups in total. The van der Waals surface area contributed by atoms with Gasteiger partial charge >= 0.3 is 6.03 Å². The highest BCUT2D eigenvalue weighted by molar-refractivity contribution is 6.33. The van der Waals surface area contributed by atoms with Crippen molar-refractivity contribution < 1.29 is 9.53 Å². The third kappa shape index (κ3) is 4.05. The van der Waals surface area contributed by atoms with E-state index in [2.05, 4.69) is 25.5 Å². The number of nitrogens with one attached hydrogen (secondary N) is 2. The van der Waals surface area contributed by atoms with Crippen LogP contribution in [-0.2, 0) is 0 Å². The molecule has 1 aliphatic rings. The second-order valence-corrected chi connectivity index (χ2v) is 7.39. The first-order chi connectivity index (χ1) is 14.0. The van der Waals surface area contributed by atoms with Gasteiger partial charge in [0.2, 0.25) is 5.88 Å². The van der Waals surface area contributed by atoms with Crippen LogP contribution in [0.4, 0.5) is 16.3 Å². The largest absolute Gasteiger partial charge is 0.481 e. The number of hydrogen-bond acceptors (Lipinski definition) is 5. The molecule has 4 rings (SSSR count). The van der Waals surface area contributed by atoms with E-state index in [1.54, 1.807) is 25.4 Å². The summed E-state index contributed by atoms with van der Waals surface area (Å²) in [5.74, 6) is 1.19. The summed E-state index contributed by atoms with van der Waals surface area (Å²) in [6, 6.07) is 11.0. The lowest BCUT2D eigenvalue weighted by Gasteiger charge is -2.20. The molecule has 1 saturated heterocycles. The van der Waals surface area contributed by atoms with Crippen LogP contribution in [0.5, 0.6) is 5.88 Å². The van der Waals surface area contributed by atoms with Crippen molar-refractivity contribution in [3.05, 3.63) is 53.3 Å². The zero-order chi connectivity index (χ0) is 20.4. The summed E-state index contributed by atoms with van der Waals surface area (Å²) in [5, 5.41) is 8.57. The summed E-state index contributed by atoms with van der Waals surface area (Å²) in [5.41, 5.74) is 1.69. The number of amides is 2. The van der Waals surface area contributed by atoms with Gasteiger partial charge in [0.25, 0.3) is 0 Å². The summed E-state index contributed by atoms with van der Waals surface area (Å²) < 4.78 is 5.19. The van der Waals surface area contributed by atoms with Crippen molar-refractivity contribution in [2.24, 2.45) is 0 Å². The Bertz CT molecular complexity index is 1060. The average Bonchev–Trinajstić information content (AvgIpc) is 3.17. The number of nitrogens with zero attached hydrogens (tertiary/aromatic N) is 3. The van der Waals surface area contributed by atoms with Crippen molar-refractivity contribution in [2.45, 2.75) is 19.4 Å². The van der Waals surface area contributed by atoms with Gasteiger partial charge in [-0.2, -0.15) is 4.98 Å². The predicted molar refractivity (Wildman–Crippen MR) is 115 cm³/mol. The van der Waals surface area contributed by atoms with Crippen molar-refractivity contribution in [1.82, 2.24) is 15.3 Å². The molecular weight excluding hydrogens is 390 g/mol. The van der Waals surface area contributed by atoms with Crippen LogP contribution in [0.2, 0.25) is 5.02 Å². The number of pyridine rings is 2. The molecule has 1 unspecified atom stereocenters. The topological polar surface area (TPSA) is 79.4 Å². The fourth-order valence-corrected chi connectivity index (χ4v) is 3.85. The van der Waals surface area contributed by atoms with Crippen LogP contribution < -0.4 is 20.3 Å². The fourth-order valence-electron chi connectivity index (χ4n) is 3.63. The summed E-state index contributed by atoms with van der Waals surface area (Å²) in [4.78, 5) is 23.4. The minimum absolute atomic E-state index is 0.00236. The molecule has 0 saturated carbocycles. The van der Waals surface area contributed by atoms with Gasteiger partial charge in [0.05, 0.1) is 17.8 Å². The van der Waals surface area contributed by atoms with Crippen LogP contribution in [0.1, 0.15) is 12.1 Å². The summed E-state index contributed by atoms with van der Waals surface area (Å²) in [7, 11) is 1.57. The fraction of sp³-hybridized carbons (Fsp3) is 0.286. The molecule has 0 spiro atoms. The first kappa shape index (κ1) is 19.3. The van der Waals surface area contributed by atoms with Crippen molar-refractivity contribution in [1.29, 1.82) is 0 Å². The van der Waals surface area contributed by atoms with Crippen molar-refractivity contribution in [3.63, 3.8) is 0 Å². The Balaban J connectivity index is 1.42. The predicted octanol–water partition coefficient (Wildman–Crippen LogP) is 4.00. The third-order valence-corrected chi connectivity index (χ3v) is 5.38. The zero-order valence-electron chi connectivity index (χ0n) is 16.3. The van der Waals surface area contributed by atoms with Gasteiger partial charge in [0, 0.05) is 47.9 Å². The molecule has 0 bridgehead atoms. The van der Waals surface area contributed by atoms with Crippen molar-refractivity contribution in [2.75, 3.05) is 30.4 Å². The number of anilines is 2. The second-order valence-electron chi connectivity index (χ2n) is 6.99. The Labute approximate surface area is 174 Å². The van der Waals surface area contributed by atoms with E-state index in [1.165, 1.54) is 0 Å². The standard InChI is InChI=1S/C21H22ClN5O2/c1-13-15-4-3-5-18(16(15)8-10-23-13)25-21(28)24-14-9-11-27(12-14)20-17(22)6-7-19(26-20)29-2/h3-8,10,14H,9,11-12H2,1-2H3,(H2,24,25,28). The quantitative estimate of drug-likeness (QED) is 0.678. The average molecular weight is 412 g/mol. The summed E-state index contributed by atoms with van der Waals surface area (Å²) in [6.45, 7) is 3.34. The van der Waals surface area contributed by atoms with Gasteiger partial charge < -0.3 is 20.3 Å². The van der Waals surface area contributed by atoms with Crippen molar-refractivity contribution in [3.8, 4) is 5.88 Å². The van der Waals surface area contributed by atoms with Gasteiger partial charge in [0.15, 0.2) is 5.82 Å². The summed E-state index contributed by atoms with van der Waals surface area (Å²) >= 11 is 6.30. The minimum Gasteiger partial charge on any atom is -0.481 e. The molecule has 2 amide bonds. The molecule has 29 heavy (non-hydrogen) atoms. The highest BCUT2D eigenvalue weighted by Crippen LogP contribution is 2.29. The number of halogens is 1. The van der Waals surface area contributed by atoms with E-state index in [1.807, 2.05) is 31.2 Å². The van der Waals surface area contributed by atoms with Crippen LogP contribution >= 0.6 is 11.6 Å². The number of aryl methyl sites for hydroxylation is 1. The van der Waals surface area contributed by atoms with Crippen LogP contribution in [0.15, 0.2) is 42.6 Å². The molecule has 2 aromatic heterocycles. The first-order valence-corrected chi connectivity index (χ1v) is 9.80. The van der Waals surface area contributed by atoms with Crippen LogP contribution in [0.3, 0.4) is 0 Å². The Kier molecular flexibility index (Phi) is 5.40. The van der Waals surface area contributed by atoms with E-state index < -0.39 is 0 Å². The second kappa shape index (κ2) is 8.13. The molecule has 0 aliphatic carbocycles. The number of aromatic nitrogens is 2. The van der Waals surface area contributed by atoms with Gasteiger partial charge in [-0.3, -0.25) is 4.98 Å². The molecule has 1 atom stereocenters. The monoisotopic (exact) mass is 411 g/mol. The molecular formula is C21H22ClN5O2.